The number of carbonyl (C=O) groups excluding carboxylic acids is 1. The van der Waals surface area contributed by atoms with Crippen LogP contribution < -0.4 is 4.74 Å². The van der Waals surface area contributed by atoms with E-state index in [1.807, 2.05) is 61.5 Å². The molecule has 0 N–H and O–H groups in total. The maximum absolute atomic E-state index is 12.1. The third-order valence-corrected chi connectivity index (χ3v) is 4.59. The predicted octanol–water partition coefficient (Wildman–Crippen LogP) is 4.53. The average molecular weight is 384 g/mol. The highest BCUT2D eigenvalue weighted by Gasteiger charge is 2.19. The first-order chi connectivity index (χ1) is 13.2. The maximum Gasteiger partial charge on any atom is 0.317 e. The lowest BCUT2D eigenvalue weighted by Crippen LogP contribution is -2.11. The molecule has 0 aliphatic carbocycles. The van der Waals surface area contributed by atoms with E-state index in [1.165, 1.54) is 11.8 Å². The van der Waals surface area contributed by atoms with Crippen LogP contribution in [0.3, 0.4) is 0 Å². The van der Waals surface area contributed by atoms with Crippen LogP contribution in [-0.2, 0) is 9.53 Å². The van der Waals surface area contributed by atoms with Gasteiger partial charge in [-0.25, -0.2) is 0 Å². The number of hydrogen-bond donors (Lipinski definition) is 0. The number of benzene rings is 2. The Balaban J connectivity index is 1.51. The lowest BCUT2D eigenvalue weighted by molar-refractivity contribution is -0.146. The van der Waals surface area contributed by atoms with Crippen LogP contribution in [0, 0.1) is 0 Å². The van der Waals surface area contributed by atoms with Crippen molar-refractivity contribution in [3.05, 3.63) is 60.5 Å². The predicted molar refractivity (Wildman–Crippen MR) is 103 cm³/mol. The molecule has 1 atom stereocenters. The van der Waals surface area contributed by atoms with Crippen LogP contribution in [0.4, 0.5) is 0 Å². The zero-order valence-corrected chi connectivity index (χ0v) is 15.9. The molecule has 0 amide bonds. The van der Waals surface area contributed by atoms with E-state index in [4.69, 9.17) is 13.9 Å². The van der Waals surface area contributed by atoms with E-state index in [2.05, 4.69) is 10.2 Å². The van der Waals surface area contributed by atoms with Gasteiger partial charge in [-0.3, -0.25) is 4.79 Å². The van der Waals surface area contributed by atoms with Crippen LogP contribution in [0.15, 0.2) is 63.9 Å². The third-order valence-electron chi connectivity index (χ3n) is 3.61. The molecule has 3 aromatic rings. The quantitative estimate of drug-likeness (QED) is 0.417. The van der Waals surface area contributed by atoms with E-state index in [9.17, 15) is 4.79 Å². The molecule has 27 heavy (non-hydrogen) atoms. The van der Waals surface area contributed by atoms with Crippen LogP contribution in [0.1, 0.15) is 25.8 Å². The summed E-state index contributed by atoms with van der Waals surface area (Å²) < 4.78 is 16.4. The van der Waals surface area contributed by atoms with Gasteiger partial charge < -0.3 is 13.9 Å². The van der Waals surface area contributed by atoms with E-state index in [0.29, 0.717) is 12.5 Å². The van der Waals surface area contributed by atoms with Crippen molar-refractivity contribution >= 4 is 17.7 Å². The summed E-state index contributed by atoms with van der Waals surface area (Å²) in [5, 5.41) is 7.98. The van der Waals surface area contributed by atoms with Crippen LogP contribution >= 0.6 is 11.8 Å². The molecule has 0 saturated carbocycles. The lowest BCUT2D eigenvalue weighted by atomic mass is 10.2. The Morgan fingerprint density at radius 1 is 1.11 bits per heavy atom. The molecule has 3 rings (SSSR count). The highest BCUT2D eigenvalue weighted by atomic mass is 32.2. The van der Waals surface area contributed by atoms with Gasteiger partial charge in [0, 0.05) is 10.5 Å². The Bertz CT molecular complexity index is 865. The van der Waals surface area contributed by atoms with Gasteiger partial charge in [-0.05, 0) is 50.2 Å². The first kappa shape index (κ1) is 19.0. The molecule has 0 saturated heterocycles. The molecular weight excluding hydrogens is 364 g/mol. The fourth-order valence-corrected chi connectivity index (χ4v) is 3.00. The highest BCUT2D eigenvalue weighted by Crippen LogP contribution is 2.24. The summed E-state index contributed by atoms with van der Waals surface area (Å²) in [5.74, 6) is 1.33. The van der Waals surface area contributed by atoms with Crippen LogP contribution in [-0.4, -0.2) is 28.5 Å². The second-order valence-corrected chi connectivity index (χ2v) is 6.69. The monoisotopic (exact) mass is 384 g/mol. The smallest absolute Gasteiger partial charge is 0.317 e. The van der Waals surface area contributed by atoms with Gasteiger partial charge in [-0.15, -0.1) is 22.0 Å². The minimum absolute atomic E-state index is 0.192. The summed E-state index contributed by atoms with van der Waals surface area (Å²) in [6.45, 7) is 4.27. The van der Waals surface area contributed by atoms with E-state index < -0.39 is 6.10 Å². The molecule has 1 heterocycles. The SMILES string of the molecule is CCOc1ccc(SCC(=O)O[C@H](C)c2nnc(-c3ccccc3)o2)cc1. The maximum atomic E-state index is 12.1. The Morgan fingerprint density at radius 3 is 2.56 bits per heavy atom. The molecule has 0 spiro atoms. The fourth-order valence-electron chi connectivity index (χ4n) is 2.32. The molecule has 6 nitrogen and oxygen atoms in total. The van der Waals surface area contributed by atoms with Crippen molar-refractivity contribution in [3.8, 4) is 17.2 Å². The molecule has 0 aliphatic heterocycles. The van der Waals surface area contributed by atoms with Crippen LogP contribution in [0.25, 0.3) is 11.5 Å². The van der Waals surface area contributed by atoms with Crippen LogP contribution in [0.2, 0.25) is 0 Å². The fraction of sp³-hybridized carbons (Fsp3) is 0.250. The summed E-state index contributed by atoms with van der Waals surface area (Å²) >= 11 is 1.40. The van der Waals surface area contributed by atoms with Gasteiger partial charge in [-0.1, -0.05) is 18.2 Å². The summed E-state index contributed by atoms with van der Waals surface area (Å²) in [6.07, 6.45) is -0.608. The molecule has 0 radical (unpaired) electrons. The van der Waals surface area contributed by atoms with Crippen molar-refractivity contribution in [1.82, 2.24) is 10.2 Å². The zero-order chi connectivity index (χ0) is 19.1. The molecule has 0 aliphatic rings. The molecule has 140 valence electrons. The summed E-state index contributed by atoms with van der Waals surface area (Å²) in [4.78, 5) is 13.1. The first-order valence-electron chi connectivity index (χ1n) is 8.59. The van der Waals surface area contributed by atoms with Gasteiger partial charge in [0.25, 0.3) is 5.89 Å². The van der Waals surface area contributed by atoms with Crippen molar-refractivity contribution in [3.63, 3.8) is 0 Å². The van der Waals surface area contributed by atoms with E-state index in [-0.39, 0.29) is 17.6 Å². The summed E-state index contributed by atoms with van der Waals surface area (Å²) in [5.41, 5.74) is 0.820. The Kier molecular flexibility index (Phi) is 6.49. The van der Waals surface area contributed by atoms with Crippen molar-refractivity contribution in [1.29, 1.82) is 0 Å². The van der Waals surface area contributed by atoms with Gasteiger partial charge >= 0.3 is 5.97 Å². The van der Waals surface area contributed by atoms with Crippen LogP contribution in [0.5, 0.6) is 5.75 Å². The van der Waals surface area contributed by atoms with Gasteiger partial charge in [0.1, 0.15) is 5.75 Å². The van der Waals surface area contributed by atoms with Crippen molar-refractivity contribution < 1.29 is 18.7 Å². The Labute approximate surface area is 161 Å². The number of carbonyl (C=O) groups is 1. The lowest BCUT2D eigenvalue weighted by Gasteiger charge is -2.09. The van der Waals surface area contributed by atoms with Crippen molar-refractivity contribution in [2.45, 2.75) is 24.8 Å². The second kappa shape index (κ2) is 9.23. The van der Waals surface area contributed by atoms with Gasteiger partial charge in [0.2, 0.25) is 5.89 Å². The second-order valence-electron chi connectivity index (χ2n) is 5.64. The average Bonchev–Trinajstić information content (AvgIpc) is 3.19. The van der Waals surface area contributed by atoms with Crippen molar-refractivity contribution in [2.24, 2.45) is 0 Å². The number of esters is 1. The third kappa shape index (κ3) is 5.34. The van der Waals surface area contributed by atoms with Gasteiger partial charge in [0.05, 0.1) is 12.4 Å². The molecule has 0 fully saturated rings. The largest absolute Gasteiger partial charge is 0.494 e. The number of ether oxygens (including phenoxy) is 2. The van der Waals surface area contributed by atoms with E-state index >= 15 is 0 Å². The number of thioether (sulfide) groups is 1. The molecule has 7 heteroatoms. The van der Waals surface area contributed by atoms with E-state index in [1.54, 1.807) is 6.92 Å². The number of aromatic nitrogens is 2. The normalized spacial score (nSPS) is 11.8. The molecule has 1 aromatic heterocycles. The standard InChI is InChI=1S/C20H20N2O4S/c1-3-24-16-9-11-17(12-10-16)27-13-18(23)25-14(2)19-21-22-20(26-19)15-7-5-4-6-8-15/h4-12,14H,3,13H2,1-2H3/t14-/m1/s1. The zero-order valence-electron chi connectivity index (χ0n) is 15.1. The van der Waals surface area contributed by atoms with Gasteiger partial charge in [-0.2, -0.15) is 0 Å². The molecule has 0 unspecified atom stereocenters. The topological polar surface area (TPSA) is 74.5 Å². The summed E-state index contributed by atoms with van der Waals surface area (Å²) in [7, 11) is 0. The molecular formula is C20H20N2O4S. The Hall–Kier alpha value is -2.80. The minimum atomic E-state index is -0.608. The minimum Gasteiger partial charge on any atom is -0.494 e. The van der Waals surface area contributed by atoms with E-state index in [0.717, 1.165) is 16.2 Å². The van der Waals surface area contributed by atoms with Gasteiger partial charge in [0.15, 0.2) is 6.10 Å². The van der Waals surface area contributed by atoms with Crippen molar-refractivity contribution in [2.75, 3.05) is 12.4 Å². The Morgan fingerprint density at radius 2 is 1.85 bits per heavy atom. The number of rotatable bonds is 8. The first-order valence-corrected chi connectivity index (χ1v) is 9.58. The number of hydrogen-bond acceptors (Lipinski definition) is 7. The summed E-state index contributed by atoms with van der Waals surface area (Å²) in [6, 6.07) is 17.0. The number of nitrogens with zero attached hydrogens (tertiary/aromatic N) is 2. The highest BCUT2D eigenvalue weighted by molar-refractivity contribution is 8.00. The molecule has 0 bridgehead atoms. The molecule has 2 aromatic carbocycles.